The van der Waals surface area contributed by atoms with Gasteiger partial charge in [0.15, 0.2) is 0 Å². The van der Waals surface area contributed by atoms with Crippen LogP contribution in [-0.4, -0.2) is 26.5 Å². The number of esters is 1. The first-order valence-corrected chi connectivity index (χ1v) is 7.58. The van der Waals surface area contributed by atoms with Crippen LogP contribution in [0.15, 0.2) is 53.7 Å². The highest BCUT2D eigenvalue weighted by Gasteiger charge is 2.14. The number of rotatable bonds is 5. The number of carbonyl (C=O) groups is 1. The molecule has 0 radical (unpaired) electrons. The molecule has 0 aliphatic rings. The van der Waals surface area contributed by atoms with Crippen LogP contribution in [0.3, 0.4) is 0 Å². The fraction of sp³-hybridized carbons (Fsp3) is 0.143. The van der Waals surface area contributed by atoms with Crippen molar-refractivity contribution in [3.8, 4) is 0 Å². The number of hydrogen-bond donors (Lipinski definition) is 1. The van der Waals surface area contributed by atoms with Crippen molar-refractivity contribution in [1.29, 1.82) is 0 Å². The SMILES string of the molecule is COC(=O)Cc1ccc(S(=O)(=O)Nc2ccncc2)cc1. The molecule has 2 aromatic rings. The first-order valence-electron chi connectivity index (χ1n) is 6.10. The van der Waals surface area contributed by atoms with Gasteiger partial charge in [0.2, 0.25) is 0 Å². The van der Waals surface area contributed by atoms with Crippen molar-refractivity contribution in [2.75, 3.05) is 11.8 Å². The van der Waals surface area contributed by atoms with Gasteiger partial charge in [-0.2, -0.15) is 0 Å². The lowest BCUT2D eigenvalue weighted by Crippen LogP contribution is -2.13. The second-order valence-corrected chi connectivity index (χ2v) is 5.92. The molecule has 0 aliphatic carbocycles. The Morgan fingerprint density at radius 1 is 1.14 bits per heavy atom. The molecule has 0 amide bonds. The van der Waals surface area contributed by atoms with Crippen LogP contribution in [-0.2, 0) is 26.0 Å². The number of methoxy groups -OCH3 is 1. The Morgan fingerprint density at radius 3 is 2.33 bits per heavy atom. The molecule has 0 saturated heterocycles. The molecule has 2 rings (SSSR count). The van der Waals surface area contributed by atoms with Crippen LogP contribution in [0, 0.1) is 0 Å². The number of hydrogen-bond acceptors (Lipinski definition) is 5. The van der Waals surface area contributed by atoms with Gasteiger partial charge in [0, 0.05) is 12.4 Å². The first kappa shape index (κ1) is 15.0. The molecule has 0 unspecified atom stereocenters. The quantitative estimate of drug-likeness (QED) is 0.848. The third-order valence-corrected chi connectivity index (χ3v) is 4.14. The average Bonchev–Trinajstić information content (AvgIpc) is 2.48. The molecule has 1 aromatic carbocycles. The van der Waals surface area contributed by atoms with Crippen molar-refractivity contribution in [2.45, 2.75) is 11.3 Å². The lowest BCUT2D eigenvalue weighted by molar-refractivity contribution is -0.139. The van der Waals surface area contributed by atoms with E-state index in [1.54, 1.807) is 24.3 Å². The molecule has 1 heterocycles. The Morgan fingerprint density at radius 2 is 1.76 bits per heavy atom. The second kappa shape index (κ2) is 6.36. The van der Waals surface area contributed by atoms with E-state index in [4.69, 9.17) is 0 Å². The van der Waals surface area contributed by atoms with Gasteiger partial charge in [-0.1, -0.05) is 12.1 Å². The maximum absolute atomic E-state index is 12.2. The van der Waals surface area contributed by atoms with Crippen LogP contribution in [0.25, 0.3) is 0 Å². The van der Waals surface area contributed by atoms with Crippen LogP contribution in [0.5, 0.6) is 0 Å². The molecule has 0 saturated carbocycles. The number of pyridine rings is 1. The van der Waals surface area contributed by atoms with Crippen LogP contribution < -0.4 is 4.72 Å². The summed E-state index contributed by atoms with van der Waals surface area (Å²) >= 11 is 0. The Bertz CT molecular complexity index is 712. The van der Waals surface area contributed by atoms with E-state index in [0.29, 0.717) is 11.3 Å². The van der Waals surface area contributed by atoms with Crippen LogP contribution in [0.4, 0.5) is 5.69 Å². The predicted octanol–water partition coefficient (Wildman–Crippen LogP) is 1.60. The number of benzene rings is 1. The van der Waals surface area contributed by atoms with Crippen LogP contribution in [0.2, 0.25) is 0 Å². The van der Waals surface area contributed by atoms with Crippen molar-refractivity contribution in [1.82, 2.24) is 4.98 Å². The Hall–Kier alpha value is -2.41. The zero-order chi connectivity index (χ0) is 15.3. The summed E-state index contributed by atoms with van der Waals surface area (Å²) < 4.78 is 31.3. The van der Waals surface area contributed by atoms with Gasteiger partial charge < -0.3 is 4.74 Å². The van der Waals surface area contributed by atoms with E-state index in [-0.39, 0.29) is 17.3 Å². The summed E-state index contributed by atoms with van der Waals surface area (Å²) in [5.74, 6) is -0.375. The van der Waals surface area contributed by atoms with Crippen molar-refractivity contribution in [2.24, 2.45) is 0 Å². The van der Waals surface area contributed by atoms with Crippen molar-refractivity contribution < 1.29 is 17.9 Å². The van der Waals surface area contributed by atoms with Gasteiger partial charge in [0.25, 0.3) is 10.0 Å². The monoisotopic (exact) mass is 306 g/mol. The smallest absolute Gasteiger partial charge is 0.309 e. The molecule has 1 aromatic heterocycles. The molecular weight excluding hydrogens is 292 g/mol. The minimum atomic E-state index is -3.66. The van der Waals surface area contributed by atoms with Gasteiger partial charge in [-0.25, -0.2) is 8.42 Å². The largest absolute Gasteiger partial charge is 0.469 e. The number of carbonyl (C=O) groups excluding carboxylic acids is 1. The van der Waals surface area contributed by atoms with Crippen molar-refractivity contribution in [3.63, 3.8) is 0 Å². The van der Waals surface area contributed by atoms with E-state index in [9.17, 15) is 13.2 Å². The highest BCUT2D eigenvalue weighted by molar-refractivity contribution is 7.92. The van der Waals surface area contributed by atoms with Crippen LogP contribution >= 0.6 is 0 Å². The number of aromatic nitrogens is 1. The minimum Gasteiger partial charge on any atom is -0.469 e. The van der Waals surface area contributed by atoms with Gasteiger partial charge in [-0.3, -0.25) is 14.5 Å². The highest BCUT2D eigenvalue weighted by atomic mass is 32.2. The lowest BCUT2D eigenvalue weighted by atomic mass is 10.2. The first-order chi connectivity index (χ1) is 10.0. The Kier molecular flexibility index (Phi) is 4.54. The van der Waals surface area contributed by atoms with E-state index < -0.39 is 10.0 Å². The molecule has 0 atom stereocenters. The molecule has 0 aliphatic heterocycles. The minimum absolute atomic E-state index is 0.106. The molecular formula is C14H14N2O4S. The van der Waals surface area contributed by atoms with Gasteiger partial charge in [0.05, 0.1) is 24.1 Å². The summed E-state index contributed by atoms with van der Waals surface area (Å²) in [4.78, 5) is 15.1. The third kappa shape index (κ3) is 4.03. The van der Waals surface area contributed by atoms with E-state index in [2.05, 4.69) is 14.4 Å². The van der Waals surface area contributed by atoms with Gasteiger partial charge >= 0.3 is 5.97 Å². The molecule has 21 heavy (non-hydrogen) atoms. The number of anilines is 1. The molecule has 0 bridgehead atoms. The number of sulfonamides is 1. The number of nitrogens with one attached hydrogen (secondary N) is 1. The second-order valence-electron chi connectivity index (χ2n) is 4.24. The molecule has 7 heteroatoms. The number of nitrogens with zero attached hydrogens (tertiary/aromatic N) is 1. The zero-order valence-corrected chi connectivity index (χ0v) is 12.1. The van der Waals surface area contributed by atoms with Crippen molar-refractivity contribution >= 4 is 21.7 Å². The van der Waals surface area contributed by atoms with E-state index in [1.165, 1.54) is 31.6 Å². The average molecular weight is 306 g/mol. The summed E-state index contributed by atoms with van der Waals surface area (Å²) in [6.45, 7) is 0. The topological polar surface area (TPSA) is 85.4 Å². The normalized spacial score (nSPS) is 10.9. The fourth-order valence-electron chi connectivity index (χ4n) is 1.66. The summed E-state index contributed by atoms with van der Waals surface area (Å²) in [5.41, 5.74) is 1.12. The Labute approximate surface area is 122 Å². The lowest BCUT2D eigenvalue weighted by Gasteiger charge is -2.08. The van der Waals surface area contributed by atoms with Crippen molar-refractivity contribution in [3.05, 3.63) is 54.4 Å². The van der Waals surface area contributed by atoms with Gasteiger partial charge in [-0.05, 0) is 29.8 Å². The summed E-state index contributed by atoms with van der Waals surface area (Å²) in [5, 5.41) is 0. The standard InChI is InChI=1S/C14H14N2O4S/c1-20-14(17)10-11-2-4-13(5-3-11)21(18,19)16-12-6-8-15-9-7-12/h2-9H,10H2,1H3,(H,15,16). The van der Waals surface area contributed by atoms with Gasteiger partial charge in [0.1, 0.15) is 0 Å². The molecule has 0 fully saturated rings. The highest BCUT2D eigenvalue weighted by Crippen LogP contribution is 2.16. The fourth-order valence-corrected chi connectivity index (χ4v) is 2.72. The van der Waals surface area contributed by atoms with E-state index in [1.807, 2.05) is 0 Å². The summed E-state index contributed by atoms with van der Waals surface area (Å²) in [7, 11) is -2.35. The van der Waals surface area contributed by atoms with Gasteiger partial charge in [-0.15, -0.1) is 0 Å². The van der Waals surface area contributed by atoms with E-state index >= 15 is 0 Å². The summed E-state index contributed by atoms with van der Waals surface area (Å²) in [6.07, 6.45) is 3.10. The number of ether oxygens (including phenoxy) is 1. The zero-order valence-electron chi connectivity index (χ0n) is 11.3. The molecule has 110 valence electrons. The van der Waals surface area contributed by atoms with E-state index in [0.717, 1.165) is 0 Å². The maximum atomic E-state index is 12.2. The Balaban J connectivity index is 2.15. The third-order valence-electron chi connectivity index (χ3n) is 2.74. The molecule has 6 nitrogen and oxygen atoms in total. The summed E-state index contributed by atoms with van der Waals surface area (Å²) in [6, 6.07) is 9.17. The van der Waals surface area contributed by atoms with Crippen LogP contribution in [0.1, 0.15) is 5.56 Å². The maximum Gasteiger partial charge on any atom is 0.309 e. The molecule has 1 N–H and O–H groups in total. The molecule has 0 spiro atoms. The predicted molar refractivity (Wildman–Crippen MR) is 77.2 cm³/mol.